The maximum Gasteiger partial charge on any atom is 0.231 e. The molecule has 1 amide bonds. The third-order valence-corrected chi connectivity index (χ3v) is 3.79. The molecule has 0 fully saturated rings. The summed E-state index contributed by atoms with van der Waals surface area (Å²) in [6.07, 6.45) is 0.732. The maximum atomic E-state index is 12.2. The lowest BCUT2D eigenvalue weighted by atomic mass is 9.86. The van der Waals surface area contributed by atoms with Crippen molar-refractivity contribution in [2.75, 3.05) is 11.9 Å². The fourth-order valence-electron chi connectivity index (χ4n) is 1.73. The number of hydrogen-bond donors (Lipinski definition) is 2. The number of hydrogen-bond acceptors (Lipinski definition) is 2. The van der Waals surface area contributed by atoms with Gasteiger partial charge in [-0.25, -0.2) is 0 Å². The molecule has 3 N–H and O–H groups in total. The van der Waals surface area contributed by atoms with Crippen LogP contribution in [0.3, 0.4) is 0 Å². The number of carbonyl (C=O) groups excluding carboxylic acids is 1. The van der Waals surface area contributed by atoms with E-state index in [0.717, 1.165) is 12.1 Å². The first kappa shape index (κ1) is 15.7. The normalized spacial score (nSPS) is 14.8. The van der Waals surface area contributed by atoms with Gasteiger partial charge < -0.3 is 11.1 Å². The summed E-state index contributed by atoms with van der Waals surface area (Å²) in [7, 11) is 0. The van der Waals surface area contributed by atoms with Crippen LogP contribution in [0.25, 0.3) is 0 Å². The van der Waals surface area contributed by atoms with Crippen LogP contribution in [-0.2, 0) is 10.2 Å². The highest BCUT2D eigenvalue weighted by Gasteiger charge is 2.29. The summed E-state index contributed by atoms with van der Waals surface area (Å²) in [5, 5.41) is 2.94. The van der Waals surface area contributed by atoms with E-state index in [1.54, 1.807) is 0 Å². The van der Waals surface area contributed by atoms with Gasteiger partial charge in [0.1, 0.15) is 0 Å². The van der Waals surface area contributed by atoms with E-state index in [-0.39, 0.29) is 11.3 Å². The Morgan fingerprint density at radius 2 is 1.68 bits per heavy atom. The minimum atomic E-state index is -0.497. The van der Waals surface area contributed by atoms with Gasteiger partial charge in [0.05, 0.1) is 5.41 Å². The van der Waals surface area contributed by atoms with Crippen LogP contribution < -0.4 is 11.1 Å². The average molecular weight is 262 g/mol. The molecule has 0 spiro atoms. The van der Waals surface area contributed by atoms with Crippen LogP contribution in [0.2, 0.25) is 0 Å². The average Bonchev–Trinajstić information content (AvgIpc) is 2.37. The zero-order valence-corrected chi connectivity index (χ0v) is 12.7. The van der Waals surface area contributed by atoms with Crippen molar-refractivity contribution in [3.8, 4) is 0 Å². The lowest BCUT2D eigenvalue weighted by molar-refractivity contribution is -0.124. The van der Waals surface area contributed by atoms with E-state index in [1.807, 2.05) is 26.0 Å². The number of anilines is 1. The first-order valence-corrected chi connectivity index (χ1v) is 6.85. The third-order valence-electron chi connectivity index (χ3n) is 3.79. The second-order valence-electron chi connectivity index (χ2n) is 6.40. The first-order valence-electron chi connectivity index (χ1n) is 6.85. The van der Waals surface area contributed by atoms with Gasteiger partial charge in [0, 0.05) is 12.2 Å². The highest BCUT2D eigenvalue weighted by molar-refractivity contribution is 5.95. The molecule has 0 radical (unpaired) electrons. The predicted molar refractivity (Wildman–Crippen MR) is 81.2 cm³/mol. The molecule has 0 heterocycles. The summed E-state index contributed by atoms with van der Waals surface area (Å²) in [5.41, 5.74) is 7.40. The van der Waals surface area contributed by atoms with Crippen molar-refractivity contribution < 1.29 is 4.79 Å². The van der Waals surface area contributed by atoms with Crippen molar-refractivity contribution in [1.82, 2.24) is 0 Å². The minimum Gasteiger partial charge on any atom is -0.329 e. The van der Waals surface area contributed by atoms with Crippen molar-refractivity contribution in [2.45, 2.75) is 46.5 Å². The number of amides is 1. The maximum absolute atomic E-state index is 12.2. The molecule has 0 saturated carbocycles. The second kappa shape index (κ2) is 5.74. The minimum absolute atomic E-state index is 0.0130. The molecule has 0 saturated heterocycles. The molecular weight excluding hydrogens is 236 g/mol. The summed E-state index contributed by atoms with van der Waals surface area (Å²) in [4.78, 5) is 12.2. The SMILES string of the molecule is CCC(C)(CN)C(=O)Nc1ccc(C(C)(C)C)cc1. The van der Waals surface area contributed by atoms with Gasteiger partial charge in [-0.1, -0.05) is 39.8 Å². The molecule has 0 bridgehead atoms. The molecule has 1 atom stereocenters. The molecule has 0 aliphatic carbocycles. The Kier molecular flexibility index (Phi) is 4.75. The number of benzene rings is 1. The number of carbonyl (C=O) groups is 1. The summed E-state index contributed by atoms with van der Waals surface area (Å²) in [6.45, 7) is 10.7. The Bertz CT molecular complexity index is 425. The molecule has 3 heteroatoms. The number of rotatable bonds is 4. The van der Waals surface area contributed by atoms with Crippen LogP contribution in [0.5, 0.6) is 0 Å². The van der Waals surface area contributed by atoms with E-state index in [0.29, 0.717) is 6.54 Å². The van der Waals surface area contributed by atoms with Crippen LogP contribution in [-0.4, -0.2) is 12.5 Å². The van der Waals surface area contributed by atoms with E-state index < -0.39 is 5.41 Å². The lowest BCUT2D eigenvalue weighted by Gasteiger charge is -2.25. The molecule has 0 aromatic heterocycles. The van der Waals surface area contributed by atoms with Gasteiger partial charge in [0.15, 0.2) is 0 Å². The van der Waals surface area contributed by atoms with Gasteiger partial charge in [-0.15, -0.1) is 0 Å². The molecule has 1 aromatic carbocycles. The van der Waals surface area contributed by atoms with Gasteiger partial charge >= 0.3 is 0 Å². The van der Waals surface area contributed by atoms with Crippen LogP contribution in [0, 0.1) is 5.41 Å². The Hall–Kier alpha value is -1.35. The molecule has 106 valence electrons. The Labute approximate surface area is 116 Å². The Balaban J connectivity index is 2.82. The van der Waals surface area contributed by atoms with E-state index in [2.05, 4.69) is 38.2 Å². The number of nitrogens with two attached hydrogens (primary N) is 1. The van der Waals surface area contributed by atoms with Crippen LogP contribution >= 0.6 is 0 Å². The molecule has 1 aromatic rings. The molecule has 3 nitrogen and oxygen atoms in total. The van der Waals surface area contributed by atoms with Crippen molar-refractivity contribution >= 4 is 11.6 Å². The molecule has 0 aliphatic heterocycles. The smallest absolute Gasteiger partial charge is 0.231 e. The summed E-state index contributed by atoms with van der Waals surface area (Å²) >= 11 is 0. The van der Waals surface area contributed by atoms with Gasteiger partial charge in [-0.2, -0.15) is 0 Å². The van der Waals surface area contributed by atoms with E-state index in [4.69, 9.17) is 5.73 Å². The zero-order chi connectivity index (χ0) is 14.7. The van der Waals surface area contributed by atoms with Gasteiger partial charge in [0.25, 0.3) is 0 Å². The van der Waals surface area contributed by atoms with E-state index >= 15 is 0 Å². The van der Waals surface area contributed by atoms with Crippen molar-refractivity contribution in [2.24, 2.45) is 11.1 Å². The van der Waals surface area contributed by atoms with Gasteiger partial charge in [-0.05, 0) is 36.5 Å². The predicted octanol–water partition coefficient (Wildman–Crippen LogP) is 3.30. The van der Waals surface area contributed by atoms with Crippen molar-refractivity contribution in [3.63, 3.8) is 0 Å². The van der Waals surface area contributed by atoms with E-state index in [9.17, 15) is 4.79 Å². The summed E-state index contributed by atoms with van der Waals surface area (Å²) in [5.74, 6) is -0.0130. The summed E-state index contributed by atoms with van der Waals surface area (Å²) in [6, 6.07) is 8.01. The van der Waals surface area contributed by atoms with Crippen molar-refractivity contribution in [3.05, 3.63) is 29.8 Å². The zero-order valence-electron chi connectivity index (χ0n) is 12.7. The lowest BCUT2D eigenvalue weighted by Crippen LogP contribution is -2.39. The molecule has 19 heavy (non-hydrogen) atoms. The Morgan fingerprint density at radius 1 is 1.16 bits per heavy atom. The van der Waals surface area contributed by atoms with Crippen LogP contribution in [0.4, 0.5) is 5.69 Å². The van der Waals surface area contributed by atoms with Crippen molar-refractivity contribution in [1.29, 1.82) is 0 Å². The molecular formula is C16H26N2O. The fourth-order valence-corrected chi connectivity index (χ4v) is 1.73. The fraction of sp³-hybridized carbons (Fsp3) is 0.562. The topological polar surface area (TPSA) is 55.1 Å². The largest absolute Gasteiger partial charge is 0.329 e. The third kappa shape index (κ3) is 3.80. The highest BCUT2D eigenvalue weighted by Crippen LogP contribution is 2.25. The molecule has 0 aliphatic rings. The Morgan fingerprint density at radius 3 is 2.05 bits per heavy atom. The van der Waals surface area contributed by atoms with Crippen LogP contribution in [0.15, 0.2) is 24.3 Å². The second-order valence-corrected chi connectivity index (χ2v) is 6.40. The molecule has 1 unspecified atom stereocenters. The standard InChI is InChI=1S/C16H26N2O/c1-6-16(5,11-17)14(19)18-13-9-7-12(8-10-13)15(2,3)4/h7-10H,6,11,17H2,1-5H3,(H,18,19). The monoisotopic (exact) mass is 262 g/mol. The first-order chi connectivity index (χ1) is 8.73. The quantitative estimate of drug-likeness (QED) is 0.874. The van der Waals surface area contributed by atoms with E-state index in [1.165, 1.54) is 5.56 Å². The molecule has 1 rings (SSSR count). The van der Waals surface area contributed by atoms with Gasteiger partial charge in [-0.3, -0.25) is 4.79 Å². The van der Waals surface area contributed by atoms with Crippen LogP contribution in [0.1, 0.15) is 46.6 Å². The highest BCUT2D eigenvalue weighted by atomic mass is 16.2. The summed E-state index contributed by atoms with van der Waals surface area (Å²) < 4.78 is 0. The van der Waals surface area contributed by atoms with Gasteiger partial charge in [0.2, 0.25) is 5.91 Å². The number of nitrogens with one attached hydrogen (secondary N) is 1.